The van der Waals surface area contributed by atoms with Crippen LogP contribution in [0.1, 0.15) is 22.3 Å². The van der Waals surface area contributed by atoms with Gasteiger partial charge in [-0.2, -0.15) is 4.99 Å². The minimum atomic E-state index is 0.666. The van der Waals surface area contributed by atoms with E-state index in [1.165, 1.54) is 11.1 Å². The van der Waals surface area contributed by atoms with Crippen molar-refractivity contribution >= 4 is 11.8 Å². The van der Waals surface area contributed by atoms with E-state index in [9.17, 15) is 4.79 Å². The number of aliphatic imine (C=N–C) groups is 1. The second-order valence-electron chi connectivity index (χ2n) is 5.54. The van der Waals surface area contributed by atoms with Gasteiger partial charge in [0.1, 0.15) is 0 Å². The van der Waals surface area contributed by atoms with Crippen molar-refractivity contribution in [2.24, 2.45) is 4.99 Å². The molecule has 0 amide bonds. The van der Waals surface area contributed by atoms with Crippen LogP contribution in [-0.4, -0.2) is 6.08 Å². The van der Waals surface area contributed by atoms with Crippen LogP contribution in [0.2, 0.25) is 0 Å². The SMILES string of the molecule is O=C=Nc1cc(Cc2ccccc2)cc(Cc2ccccc2)c1. The van der Waals surface area contributed by atoms with E-state index in [2.05, 4.69) is 35.3 Å². The molecule has 0 aromatic heterocycles. The fourth-order valence-electron chi connectivity index (χ4n) is 2.73. The summed E-state index contributed by atoms with van der Waals surface area (Å²) >= 11 is 0. The molecule has 0 radical (unpaired) electrons. The zero-order chi connectivity index (χ0) is 15.9. The summed E-state index contributed by atoms with van der Waals surface area (Å²) in [6, 6.07) is 26.7. The Morgan fingerprint density at radius 3 is 1.57 bits per heavy atom. The smallest absolute Gasteiger partial charge is 0.211 e. The Morgan fingerprint density at radius 2 is 1.13 bits per heavy atom. The summed E-state index contributed by atoms with van der Waals surface area (Å²) in [6.07, 6.45) is 3.29. The molecule has 0 atom stereocenters. The molecule has 3 aromatic carbocycles. The van der Waals surface area contributed by atoms with E-state index in [1.54, 1.807) is 6.08 Å². The van der Waals surface area contributed by atoms with Gasteiger partial charge in [-0.1, -0.05) is 66.7 Å². The van der Waals surface area contributed by atoms with E-state index in [4.69, 9.17) is 0 Å². The summed E-state index contributed by atoms with van der Waals surface area (Å²) in [5.74, 6) is 0. The van der Waals surface area contributed by atoms with Gasteiger partial charge in [-0.05, 0) is 47.2 Å². The van der Waals surface area contributed by atoms with Crippen molar-refractivity contribution in [3.8, 4) is 0 Å². The standard InChI is InChI=1S/C21H17NO/c23-16-22-21-14-19(11-17-7-3-1-4-8-17)13-20(15-21)12-18-9-5-2-6-10-18/h1-10,13-15H,11-12H2. The molecule has 0 saturated carbocycles. The van der Waals surface area contributed by atoms with Gasteiger partial charge >= 0.3 is 0 Å². The third kappa shape index (κ3) is 4.26. The minimum absolute atomic E-state index is 0.666. The lowest BCUT2D eigenvalue weighted by Crippen LogP contribution is -1.93. The maximum atomic E-state index is 10.6. The Morgan fingerprint density at radius 1 is 0.652 bits per heavy atom. The summed E-state index contributed by atoms with van der Waals surface area (Å²) in [7, 11) is 0. The van der Waals surface area contributed by atoms with E-state index < -0.39 is 0 Å². The largest absolute Gasteiger partial charge is 0.240 e. The van der Waals surface area contributed by atoms with E-state index in [1.807, 2.05) is 48.5 Å². The lowest BCUT2D eigenvalue weighted by atomic mass is 9.98. The highest BCUT2D eigenvalue weighted by Crippen LogP contribution is 2.22. The molecule has 0 heterocycles. The van der Waals surface area contributed by atoms with Crippen molar-refractivity contribution in [3.63, 3.8) is 0 Å². The van der Waals surface area contributed by atoms with Crippen LogP contribution in [0.25, 0.3) is 0 Å². The summed E-state index contributed by atoms with van der Waals surface area (Å²) in [6.45, 7) is 0. The Bertz CT molecular complexity index is 759. The first-order chi connectivity index (χ1) is 11.3. The summed E-state index contributed by atoms with van der Waals surface area (Å²) in [5.41, 5.74) is 5.45. The van der Waals surface area contributed by atoms with Crippen molar-refractivity contribution in [1.82, 2.24) is 0 Å². The molecule has 0 unspecified atom stereocenters. The van der Waals surface area contributed by atoms with Crippen molar-refractivity contribution in [2.75, 3.05) is 0 Å². The first-order valence-electron chi connectivity index (χ1n) is 7.62. The minimum Gasteiger partial charge on any atom is -0.211 e. The molecule has 2 heteroatoms. The highest BCUT2D eigenvalue weighted by Gasteiger charge is 2.04. The Balaban J connectivity index is 1.91. The van der Waals surface area contributed by atoms with Crippen molar-refractivity contribution in [1.29, 1.82) is 0 Å². The average Bonchev–Trinajstić information content (AvgIpc) is 2.57. The van der Waals surface area contributed by atoms with Crippen LogP contribution < -0.4 is 0 Å². The van der Waals surface area contributed by atoms with E-state index >= 15 is 0 Å². The zero-order valence-corrected chi connectivity index (χ0v) is 12.8. The summed E-state index contributed by atoms with van der Waals surface area (Å²) < 4.78 is 0. The van der Waals surface area contributed by atoms with Gasteiger partial charge in [-0.15, -0.1) is 0 Å². The quantitative estimate of drug-likeness (QED) is 0.490. The van der Waals surface area contributed by atoms with Crippen molar-refractivity contribution in [3.05, 3.63) is 101 Å². The van der Waals surface area contributed by atoms with Gasteiger partial charge in [-0.3, -0.25) is 0 Å². The van der Waals surface area contributed by atoms with Gasteiger partial charge in [-0.25, -0.2) is 4.79 Å². The molecule has 0 saturated heterocycles. The highest BCUT2D eigenvalue weighted by molar-refractivity contribution is 5.53. The number of hydrogen-bond donors (Lipinski definition) is 0. The maximum absolute atomic E-state index is 10.6. The van der Waals surface area contributed by atoms with Crippen LogP contribution in [0.15, 0.2) is 83.9 Å². The Hall–Kier alpha value is -2.96. The molecule has 2 nitrogen and oxygen atoms in total. The fourth-order valence-corrected chi connectivity index (χ4v) is 2.73. The van der Waals surface area contributed by atoms with Crippen LogP contribution >= 0.6 is 0 Å². The molecule has 23 heavy (non-hydrogen) atoms. The van der Waals surface area contributed by atoms with Crippen LogP contribution in [0, 0.1) is 0 Å². The first-order valence-corrected chi connectivity index (χ1v) is 7.62. The van der Waals surface area contributed by atoms with Crippen molar-refractivity contribution in [2.45, 2.75) is 12.8 Å². The van der Waals surface area contributed by atoms with Gasteiger partial charge in [0.25, 0.3) is 0 Å². The molecule has 0 fully saturated rings. The molecular weight excluding hydrogens is 282 g/mol. The van der Waals surface area contributed by atoms with Gasteiger partial charge in [0, 0.05) is 0 Å². The molecule has 112 valence electrons. The molecule has 0 N–H and O–H groups in total. The van der Waals surface area contributed by atoms with E-state index in [0.717, 1.165) is 24.0 Å². The summed E-state index contributed by atoms with van der Waals surface area (Å²) in [5, 5.41) is 0. The summed E-state index contributed by atoms with van der Waals surface area (Å²) in [4.78, 5) is 14.4. The molecule has 3 rings (SSSR count). The van der Waals surface area contributed by atoms with Crippen LogP contribution in [0.3, 0.4) is 0 Å². The van der Waals surface area contributed by atoms with E-state index in [0.29, 0.717) is 5.69 Å². The lowest BCUT2D eigenvalue weighted by molar-refractivity contribution is 0.565. The predicted octanol–water partition coefficient (Wildman–Crippen LogP) is 4.84. The van der Waals surface area contributed by atoms with Crippen LogP contribution in [0.5, 0.6) is 0 Å². The van der Waals surface area contributed by atoms with E-state index in [-0.39, 0.29) is 0 Å². The average molecular weight is 299 g/mol. The zero-order valence-electron chi connectivity index (χ0n) is 12.8. The number of isocyanates is 1. The Labute approximate surface area is 136 Å². The van der Waals surface area contributed by atoms with Crippen LogP contribution in [-0.2, 0) is 17.6 Å². The monoisotopic (exact) mass is 299 g/mol. The molecular formula is C21H17NO. The molecule has 0 spiro atoms. The van der Waals surface area contributed by atoms with Gasteiger partial charge in [0.15, 0.2) is 0 Å². The van der Waals surface area contributed by atoms with Gasteiger partial charge in [0.05, 0.1) is 5.69 Å². The topological polar surface area (TPSA) is 29.4 Å². The van der Waals surface area contributed by atoms with Gasteiger partial charge < -0.3 is 0 Å². The number of carbonyl (C=O) groups excluding carboxylic acids is 1. The fraction of sp³-hybridized carbons (Fsp3) is 0.0952. The third-order valence-corrected chi connectivity index (χ3v) is 3.71. The second-order valence-corrected chi connectivity index (χ2v) is 5.54. The van der Waals surface area contributed by atoms with Crippen molar-refractivity contribution < 1.29 is 4.79 Å². The predicted molar refractivity (Wildman–Crippen MR) is 92.7 cm³/mol. The van der Waals surface area contributed by atoms with Crippen LogP contribution in [0.4, 0.5) is 5.69 Å². The Kier molecular flexibility index (Phi) is 4.78. The molecule has 0 aliphatic carbocycles. The highest BCUT2D eigenvalue weighted by atomic mass is 16.1. The second kappa shape index (κ2) is 7.35. The molecule has 3 aromatic rings. The number of rotatable bonds is 5. The first kappa shape index (κ1) is 15.0. The number of hydrogen-bond acceptors (Lipinski definition) is 2. The normalized spacial score (nSPS) is 10.1. The number of benzene rings is 3. The maximum Gasteiger partial charge on any atom is 0.240 e. The number of nitrogens with zero attached hydrogens (tertiary/aromatic N) is 1. The third-order valence-electron chi connectivity index (χ3n) is 3.71. The van der Waals surface area contributed by atoms with Gasteiger partial charge in [0.2, 0.25) is 6.08 Å². The molecule has 0 aliphatic heterocycles. The molecule has 0 bridgehead atoms. The molecule has 0 aliphatic rings. The lowest BCUT2D eigenvalue weighted by Gasteiger charge is -2.08.